The summed E-state index contributed by atoms with van der Waals surface area (Å²) in [7, 11) is 0. The number of aliphatic hydroxyl groups is 1. The first-order valence-electron chi connectivity index (χ1n) is 7.71. The number of rotatable bonds is 2. The van der Waals surface area contributed by atoms with Gasteiger partial charge in [-0.15, -0.1) is 0 Å². The molecular weight excluding hydrogens is 222 g/mol. The summed E-state index contributed by atoms with van der Waals surface area (Å²) in [5.74, 6) is 1.05. The van der Waals surface area contributed by atoms with Crippen LogP contribution in [0.25, 0.3) is 0 Å². The monoisotopic (exact) mass is 249 g/mol. The number of hydrogen-bond acceptors (Lipinski definition) is 2. The van der Waals surface area contributed by atoms with Crippen LogP contribution >= 0.6 is 0 Å². The van der Waals surface area contributed by atoms with Gasteiger partial charge in [-0.2, -0.15) is 5.26 Å². The molecule has 2 nitrogen and oxygen atoms in total. The van der Waals surface area contributed by atoms with Gasteiger partial charge < -0.3 is 5.11 Å². The maximum Gasteiger partial charge on any atom is 0.0863 e. The minimum atomic E-state index is -0.724. The smallest absolute Gasteiger partial charge is 0.0863 e. The van der Waals surface area contributed by atoms with Crippen molar-refractivity contribution in [2.24, 2.45) is 17.3 Å². The first kappa shape index (κ1) is 13.9. The molecule has 1 N–H and O–H groups in total. The van der Waals surface area contributed by atoms with Crippen molar-refractivity contribution in [3.05, 3.63) is 0 Å². The van der Waals surface area contributed by atoms with E-state index in [1.165, 1.54) is 12.8 Å². The predicted molar refractivity (Wildman–Crippen MR) is 72.9 cm³/mol. The van der Waals surface area contributed by atoms with Gasteiger partial charge in [0.1, 0.15) is 0 Å². The van der Waals surface area contributed by atoms with E-state index < -0.39 is 11.0 Å². The SMILES string of the molecule is CCC1CCC(C#N)(C2(O)CCCCC2C)CC1. The summed E-state index contributed by atoms with van der Waals surface area (Å²) in [4.78, 5) is 0. The summed E-state index contributed by atoms with van der Waals surface area (Å²) >= 11 is 0. The number of hydrogen-bond donors (Lipinski definition) is 1. The van der Waals surface area contributed by atoms with Crippen molar-refractivity contribution in [2.45, 2.75) is 77.2 Å². The Balaban J connectivity index is 2.20. The Kier molecular flexibility index (Phi) is 4.02. The van der Waals surface area contributed by atoms with Gasteiger partial charge in [0, 0.05) is 0 Å². The van der Waals surface area contributed by atoms with E-state index >= 15 is 0 Å². The van der Waals surface area contributed by atoms with Gasteiger partial charge in [-0.05, 0) is 50.4 Å². The summed E-state index contributed by atoms with van der Waals surface area (Å²) in [6.07, 6.45) is 9.49. The predicted octanol–water partition coefficient (Wildman–Crippen LogP) is 4.04. The molecule has 2 aliphatic carbocycles. The second kappa shape index (κ2) is 5.21. The van der Waals surface area contributed by atoms with Crippen molar-refractivity contribution in [3.63, 3.8) is 0 Å². The molecule has 0 aromatic carbocycles. The van der Waals surface area contributed by atoms with Crippen molar-refractivity contribution in [1.29, 1.82) is 5.26 Å². The molecule has 2 fully saturated rings. The fraction of sp³-hybridized carbons (Fsp3) is 0.938. The topological polar surface area (TPSA) is 44.0 Å². The molecular formula is C16H27NO. The number of nitrogens with zero attached hydrogens (tertiary/aromatic N) is 1. The van der Waals surface area contributed by atoms with Gasteiger partial charge in [0.2, 0.25) is 0 Å². The van der Waals surface area contributed by atoms with Crippen LogP contribution in [0.3, 0.4) is 0 Å². The average molecular weight is 249 g/mol. The third-order valence-corrected chi connectivity index (χ3v) is 5.84. The van der Waals surface area contributed by atoms with Gasteiger partial charge in [-0.25, -0.2) is 0 Å². The summed E-state index contributed by atoms with van der Waals surface area (Å²) in [6, 6.07) is 2.55. The molecule has 2 heteroatoms. The average Bonchev–Trinajstić information content (AvgIpc) is 2.42. The molecule has 0 heterocycles. The fourth-order valence-electron chi connectivity index (χ4n) is 4.26. The van der Waals surface area contributed by atoms with E-state index in [4.69, 9.17) is 0 Å². The lowest BCUT2D eigenvalue weighted by Gasteiger charge is -2.51. The van der Waals surface area contributed by atoms with Gasteiger partial charge in [-0.1, -0.05) is 33.1 Å². The zero-order valence-electron chi connectivity index (χ0n) is 11.9. The lowest BCUT2D eigenvalue weighted by Crippen LogP contribution is -2.55. The molecule has 0 bridgehead atoms. The molecule has 0 spiro atoms. The maximum atomic E-state index is 11.2. The van der Waals surface area contributed by atoms with Crippen molar-refractivity contribution in [3.8, 4) is 6.07 Å². The molecule has 2 saturated carbocycles. The van der Waals surface area contributed by atoms with Crippen LogP contribution in [0, 0.1) is 28.6 Å². The normalized spacial score (nSPS) is 45.4. The quantitative estimate of drug-likeness (QED) is 0.802. The zero-order valence-corrected chi connectivity index (χ0v) is 11.9. The van der Waals surface area contributed by atoms with Gasteiger partial charge >= 0.3 is 0 Å². The first-order chi connectivity index (χ1) is 8.58. The Bertz CT molecular complexity index is 324. The maximum absolute atomic E-state index is 11.2. The third-order valence-electron chi connectivity index (χ3n) is 5.84. The fourth-order valence-corrected chi connectivity index (χ4v) is 4.26. The molecule has 0 aromatic heterocycles. The largest absolute Gasteiger partial charge is 0.388 e. The van der Waals surface area contributed by atoms with E-state index in [0.717, 1.165) is 50.9 Å². The Hall–Kier alpha value is -0.550. The van der Waals surface area contributed by atoms with Gasteiger partial charge in [0.25, 0.3) is 0 Å². The van der Waals surface area contributed by atoms with E-state index in [2.05, 4.69) is 19.9 Å². The highest BCUT2D eigenvalue weighted by Gasteiger charge is 2.55. The van der Waals surface area contributed by atoms with Crippen LogP contribution in [-0.2, 0) is 0 Å². The molecule has 0 aliphatic heterocycles. The summed E-state index contributed by atoms with van der Waals surface area (Å²) in [6.45, 7) is 4.38. The standard InChI is InChI=1S/C16H27NO/c1-3-14-7-10-15(12-17,11-8-14)16(18)9-5-4-6-13(16)2/h13-14,18H,3-11H2,1-2H3. The van der Waals surface area contributed by atoms with E-state index in [-0.39, 0.29) is 5.92 Å². The second-order valence-electron chi connectivity index (χ2n) is 6.62. The molecule has 0 saturated heterocycles. The van der Waals surface area contributed by atoms with Crippen LogP contribution < -0.4 is 0 Å². The molecule has 2 unspecified atom stereocenters. The van der Waals surface area contributed by atoms with Crippen LogP contribution in [0.5, 0.6) is 0 Å². The summed E-state index contributed by atoms with van der Waals surface area (Å²) in [5.41, 5.74) is -1.18. The van der Waals surface area contributed by atoms with Crippen LogP contribution in [0.2, 0.25) is 0 Å². The summed E-state index contributed by atoms with van der Waals surface area (Å²) < 4.78 is 0. The third kappa shape index (κ3) is 2.07. The molecule has 2 rings (SSSR count). The van der Waals surface area contributed by atoms with Crippen LogP contribution in [0.4, 0.5) is 0 Å². The Morgan fingerprint density at radius 3 is 2.33 bits per heavy atom. The van der Waals surface area contributed by atoms with Crippen molar-refractivity contribution in [2.75, 3.05) is 0 Å². The molecule has 18 heavy (non-hydrogen) atoms. The Morgan fingerprint density at radius 1 is 1.17 bits per heavy atom. The lowest BCUT2D eigenvalue weighted by atomic mass is 9.55. The van der Waals surface area contributed by atoms with E-state index in [1.54, 1.807) is 0 Å². The Labute approximate surface area is 111 Å². The molecule has 2 atom stereocenters. The van der Waals surface area contributed by atoms with Crippen molar-refractivity contribution >= 4 is 0 Å². The minimum Gasteiger partial charge on any atom is -0.388 e. The second-order valence-corrected chi connectivity index (χ2v) is 6.62. The molecule has 0 amide bonds. The van der Waals surface area contributed by atoms with E-state index in [0.29, 0.717) is 0 Å². The van der Waals surface area contributed by atoms with Gasteiger partial charge in [0.05, 0.1) is 17.1 Å². The highest BCUT2D eigenvalue weighted by Crippen LogP contribution is 2.54. The van der Waals surface area contributed by atoms with E-state index in [9.17, 15) is 10.4 Å². The molecule has 102 valence electrons. The lowest BCUT2D eigenvalue weighted by molar-refractivity contribution is -0.135. The van der Waals surface area contributed by atoms with Gasteiger partial charge in [0.15, 0.2) is 0 Å². The van der Waals surface area contributed by atoms with Crippen LogP contribution in [-0.4, -0.2) is 10.7 Å². The zero-order chi connectivity index (χ0) is 13.2. The summed E-state index contributed by atoms with van der Waals surface area (Å²) in [5, 5.41) is 20.9. The first-order valence-corrected chi connectivity index (χ1v) is 7.71. The van der Waals surface area contributed by atoms with E-state index in [1.807, 2.05) is 0 Å². The highest BCUT2D eigenvalue weighted by molar-refractivity contribution is 5.15. The van der Waals surface area contributed by atoms with Crippen molar-refractivity contribution < 1.29 is 5.11 Å². The Morgan fingerprint density at radius 2 is 1.83 bits per heavy atom. The van der Waals surface area contributed by atoms with Crippen molar-refractivity contribution in [1.82, 2.24) is 0 Å². The minimum absolute atomic E-state index is 0.282. The molecule has 0 radical (unpaired) electrons. The number of nitriles is 1. The molecule has 0 aromatic rings. The highest BCUT2D eigenvalue weighted by atomic mass is 16.3. The molecule has 2 aliphatic rings. The van der Waals surface area contributed by atoms with Gasteiger partial charge in [-0.3, -0.25) is 0 Å². The van der Waals surface area contributed by atoms with Crippen LogP contribution in [0.1, 0.15) is 71.6 Å². The van der Waals surface area contributed by atoms with Crippen LogP contribution in [0.15, 0.2) is 0 Å².